The van der Waals surface area contributed by atoms with Crippen LogP contribution in [-0.2, 0) is 4.79 Å². The largest absolute Gasteiger partial charge is 0.356 e. The Morgan fingerprint density at radius 2 is 2.23 bits per heavy atom. The number of aryl methyl sites for hydroxylation is 1. The molecule has 1 amide bonds. The zero-order chi connectivity index (χ0) is 15.9. The van der Waals surface area contributed by atoms with Gasteiger partial charge in [-0.05, 0) is 27.4 Å². The van der Waals surface area contributed by atoms with Gasteiger partial charge in [-0.3, -0.25) is 4.79 Å². The molecule has 1 aromatic heterocycles. The lowest BCUT2D eigenvalue weighted by atomic mass is 10.1. The molecule has 124 valence electrons. The highest BCUT2D eigenvalue weighted by Crippen LogP contribution is 2.22. The van der Waals surface area contributed by atoms with Crippen molar-refractivity contribution >= 4 is 29.0 Å². The Balaban J connectivity index is 1.57. The predicted octanol–water partition coefficient (Wildman–Crippen LogP) is 1.08. The fourth-order valence-electron chi connectivity index (χ4n) is 2.40. The van der Waals surface area contributed by atoms with Crippen LogP contribution in [0.15, 0.2) is 4.34 Å². The summed E-state index contributed by atoms with van der Waals surface area (Å²) in [7, 11) is 4.22. The number of rotatable bonds is 7. The molecule has 1 saturated heterocycles. The Kier molecular flexibility index (Phi) is 7.07. The third-order valence-corrected chi connectivity index (χ3v) is 5.84. The van der Waals surface area contributed by atoms with E-state index < -0.39 is 0 Å². The summed E-state index contributed by atoms with van der Waals surface area (Å²) in [5, 5.41) is 12.1. The average molecular weight is 344 g/mol. The first kappa shape index (κ1) is 17.7. The molecule has 0 aliphatic carbocycles. The number of thioether (sulfide) groups is 1. The van der Waals surface area contributed by atoms with Gasteiger partial charge in [0.2, 0.25) is 5.91 Å². The topological polar surface area (TPSA) is 61.4 Å². The molecule has 0 radical (unpaired) electrons. The zero-order valence-electron chi connectivity index (χ0n) is 13.5. The van der Waals surface area contributed by atoms with Gasteiger partial charge in [0.05, 0.1) is 0 Å². The lowest BCUT2D eigenvalue weighted by molar-refractivity contribution is -0.122. The van der Waals surface area contributed by atoms with E-state index in [4.69, 9.17) is 0 Å². The SMILES string of the molecule is Cc1nnc(SCCCNC(=O)C[C@H]2CN(C)CCN2C)s1. The second kappa shape index (κ2) is 8.81. The Bertz CT molecular complexity index is 482. The Morgan fingerprint density at radius 3 is 2.95 bits per heavy atom. The fourth-order valence-corrected chi connectivity index (χ4v) is 4.23. The van der Waals surface area contributed by atoms with Crippen LogP contribution in [0.2, 0.25) is 0 Å². The van der Waals surface area contributed by atoms with Gasteiger partial charge in [-0.15, -0.1) is 10.2 Å². The second-order valence-corrected chi connectivity index (χ2v) is 8.26. The molecular formula is C14H25N5OS2. The molecule has 0 unspecified atom stereocenters. The minimum Gasteiger partial charge on any atom is -0.356 e. The van der Waals surface area contributed by atoms with Crippen molar-refractivity contribution in [3.8, 4) is 0 Å². The molecule has 0 aromatic carbocycles. The summed E-state index contributed by atoms with van der Waals surface area (Å²) in [5.41, 5.74) is 0. The maximum absolute atomic E-state index is 12.0. The molecule has 0 bridgehead atoms. The maximum Gasteiger partial charge on any atom is 0.221 e. The van der Waals surface area contributed by atoms with Gasteiger partial charge in [-0.1, -0.05) is 23.1 Å². The van der Waals surface area contributed by atoms with Crippen LogP contribution in [-0.4, -0.2) is 78.0 Å². The summed E-state index contributed by atoms with van der Waals surface area (Å²) in [5.74, 6) is 1.12. The van der Waals surface area contributed by atoms with E-state index in [0.717, 1.165) is 47.7 Å². The molecule has 1 aromatic rings. The second-order valence-electron chi connectivity index (χ2n) is 5.74. The summed E-state index contributed by atoms with van der Waals surface area (Å²) in [4.78, 5) is 16.6. The van der Waals surface area contributed by atoms with Crippen molar-refractivity contribution in [2.75, 3.05) is 46.0 Å². The Labute approximate surface area is 140 Å². The molecule has 1 N–H and O–H groups in total. The first-order valence-corrected chi connectivity index (χ1v) is 9.43. The minimum absolute atomic E-state index is 0.156. The molecule has 2 heterocycles. The zero-order valence-corrected chi connectivity index (χ0v) is 15.2. The predicted molar refractivity (Wildman–Crippen MR) is 91.5 cm³/mol. The van der Waals surface area contributed by atoms with E-state index in [1.54, 1.807) is 23.1 Å². The quantitative estimate of drug-likeness (QED) is 0.590. The molecule has 0 spiro atoms. The van der Waals surface area contributed by atoms with Gasteiger partial charge < -0.3 is 15.1 Å². The monoisotopic (exact) mass is 343 g/mol. The highest BCUT2D eigenvalue weighted by molar-refractivity contribution is 8.01. The number of hydrogen-bond donors (Lipinski definition) is 1. The third kappa shape index (κ3) is 5.83. The summed E-state index contributed by atoms with van der Waals surface area (Å²) < 4.78 is 1.01. The van der Waals surface area contributed by atoms with Gasteiger partial charge in [0.15, 0.2) is 4.34 Å². The number of piperazine rings is 1. The lowest BCUT2D eigenvalue weighted by Crippen LogP contribution is -2.51. The van der Waals surface area contributed by atoms with Crippen molar-refractivity contribution in [3.05, 3.63) is 5.01 Å². The van der Waals surface area contributed by atoms with E-state index in [1.807, 2.05) is 6.92 Å². The van der Waals surface area contributed by atoms with Crippen molar-refractivity contribution in [3.63, 3.8) is 0 Å². The Hall–Kier alpha value is -0.700. The molecule has 2 rings (SSSR count). The van der Waals surface area contributed by atoms with E-state index in [1.165, 1.54) is 0 Å². The van der Waals surface area contributed by atoms with E-state index in [0.29, 0.717) is 12.5 Å². The first-order valence-electron chi connectivity index (χ1n) is 7.63. The number of amides is 1. The smallest absolute Gasteiger partial charge is 0.221 e. The summed E-state index contributed by atoms with van der Waals surface area (Å²) in [6.45, 7) is 5.77. The summed E-state index contributed by atoms with van der Waals surface area (Å²) in [6, 6.07) is 0.331. The van der Waals surface area contributed by atoms with Gasteiger partial charge >= 0.3 is 0 Å². The molecular weight excluding hydrogens is 318 g/mol. The standard InChI is InChI=1S/C14H25N5OS2/c1-11-16-17-14(22-11)21-8-4-5-15-13(20)9-12-10-18(2)6-7-19(12)3/h12H,4-10H2,1-3H3,(H,15,20)/t12-/m0/s1. The van der Waals surface area contributed by atoms with Gasteiger partial charge in [0.25, 0.3) is 0 Å². The Morgan fingerprint density at radius 1 is 1.41 bits per heavy atom. The van der Waals surface area contributed by atoms with Crippen LogP contribution in [0.4, 0.5) is 0 Å². The number of carbonyl (C=O) groups excluding carboxylic acids is 1. The number of hydrogen-bond acceptors (Lipinski definition) is 7. The molecule has 22 heavy (non-hydrogen) atoms. The number of nitrogens with zero attached hydrogens (tertiary/aromatic N) is 4. The van der Waals surface area contributed by atoms with E-state index in [-0.39, 0.29) is 5.91 Å². The van der Waals surface area contributed by atoms with Crippen LogP contribution in [0, 0.1) is 6.92 Å². The number of carbonyl (C=O) groups is 1. The normalized spacial score (nSPS) is 20.2. The van der Waals surface area contributed by atoms with E-state index >= 15 is 0 Å². The van der Waals surface area contributed by atoms with Crippen LogP contribution in [0.5, 0.6) is 0 Å². The highest BCUT2D eigenvalue weighted by Gasteiger charge is 2.24. The first-order chi connectivity index (χ1) is 10.5. The van der Waals surface area contributed by atoms with Crippen molar-refractivity contribution in [1.29, 1.82) is 0 Å². The van der Waals surface area contributed by atoms with Crippen molar-refractivity contribution in [2.45, 2.75) is 30.1 Å². The average Bonchev–Trinajstić information content (AvgIpc) is 2.88. The van der Waals surface area contributed by atoms with E-state index in [9.17, 15) is 4.79 Å². The number of aromatic nitrogens is 2. The maximum atomic E-state index is 12.0. The van der Waals surface area contributed by atoms with Gasteiger partial charge in [-0.2, -0.15) is 0 Å². The van der Waals surface area contributed by atoms with Crippen molar-refractivity contribution in [2.24, 2.45) is 0 Å². The molecule has 6 nitrogen and oxygen atoms in total. The third-order valence-electron chi connectivity index (χ3n) is 3.78. The van der Waals surface area contributed by atoms with Crippen LogP contribution >= 0.6 is 23.1 Å². The van der Waals surface area contributed by atoms with Crippen LogP contribution in [0.3, 0.4) is 0 Å². The molecule has 1 atom stereocenters. The summed E-state index contributed by atoms with van der Waals surface area (Å²) >= 11 is 3.33. The highest BCUT2D eigenvalue weighted by atomic mass is 32.2. The fraction of sp³-hybridized carbons (Fsp3) is 0.786. The number of nitrogens with one attached hydrogen (secondary N) is 1. The van der Waals surface area contributed by atoms with Crippen molar-refractivity contribution in [1.82, 2.24) is 25.3 Å². The van der Waals surface area contributed by atoms with Crippen molar-refractivity contribution < 1.29 is 4.79 Å². The van der Waals surface area contributed by atoms with Crippen LogP contribution in [0.25, 0.3) is 0 Å². The molecule has 8 heteroatoms. The molecule has 1 fully saturated rings. The molecule has 0 saturated carbocycles. The minimum atomic E-state index is 0.156. The van der Waals surface area contributed by atoms with Gasteiger partial charge in [0, 0.05) is 44.4 Å². The van der Waals surface area contributed by atoms with E-state index in [2.05, 4.69) is 39.4 Å². The summed E-state index contributed by atoms with van der Waals surface area (Å²) in [6.07, 6.45) is 1.54. The van der Waals surface area contributed by atoms with Gasteiger partial charge in [0.1, 0.15) is 5.01 Å². The number of likely N-dealkylation sites (N-methyl/N-ethyl adjacent to an activating group) is 2. The molecule has 1 aliphatic heterocycles. The van der Waals surface area contributed by atoms with Gasteiger partial charge in [-0.25, -0.2) is 0 Å². The van der Waals surface area contributed by atoms with Crippen LogP contribution < -0.4 is 5.32 Å². The molecule has 1 aliphatic rings. The lowest BCUT2D eigenvalue weighted by Gasteiger charge is -2.37. The van der Waals surface area contributed by atoms with Crippen LogP contribution in [0.1, 0.15) is 17.8 Å².